The van der Waals surface area contributed by atoms with E-state index < -0.39 is 22.3 Å². The molecule has 0 aromatic heterocycles. The largest absolute Gasteiger partial charge is 0.493 e. The van der Waals surface area contributed by atoms with E-state index in [0.29, 0.717) is 27.0 Å². The summed E-state index contributed by atoms with van der Waals surface area (Å²) in [7, 11) is 2.90. The number of nitrogens with one attached hydrogen (secondary N) is 1. The van der Waals surface area contributed by atoms with E-state index in [1.165, 1.54) is 38.1 Å². The zero-order valence-corrected chi connectivity index (χ0v) is 17.4. The van der Waals surface area contributed by atoms with Crippen molar-refractivity contribution in [3.8, 4) is 11.5 Å². The first-order valence-electron chi connectivity index (χ1n) is 8.23. The molecule has 2 atom stereocenters. The van der Waals surface area contributed by atoms with E-state index in [0.717, 1.165) is 0 Å². The first kappa shape index (κ1) is 20.7. The predicted molar refractivity (Wildman–Crippen MR) is 113 cm³/mol. The molecule has 0 bridgehead atoms. The van der Waals surface area contributed by atoms with Crippen molar-refractivity contribution in [2.24, 2.45) is 0 Å². The number of thioether (sulfide) groups is 1. The Kier molecular flexibility index (Phi) is 6.32. The molecular weight excluding hydrogens is 425 g/mol. The maximum Gasteiger partial charge on any atom is 0.304 e. The summed E-state index contributed by atoms with van der Waals surface area (Å²) in [6.45, 7) is 0. The number of aliphatic carboxylic acids is 1. The summed E-state index contributed by atoms with van der Waals surface area (Å²) < 4.78 is 25.8. The molecule has 2 aromatic rings. The molecular formula is C19H17ClFNO4S2. The lowest BCUT2D eigenvalue weighted by molar-refractivity contribution is -0.136. The van der Waals surface area contributed by atoms with Crippen LogP contribution in [0.4, 0.5) is 10.1 Å². The van der Waals surface area contributed by atoms with E-state index >= 15 is 4.39 Å². The smallest absolute Gasteiger partial charge is 0.304 e. The van der Waals surface area contributed by atoms with Gasteiger partial charge in [0.15, 0.2) is 11.5 Å². The Labute approximate surface area is 176 Å². The Hall–Kier alpha value is -2.03. The van der Waals surface area contributed by atoms with Gasteiger partial charge in [-0.2, -0.15) is 0 Å². The third-order valence-electron chi connectivity index (χ3n) is 4.30. The summed E-state index contributed by atoms with van der Waals surface area (Å²) in [6, 6.07) is 7.92. The molecule has 0 fully saturated rings. The molecule has 0 amide bonds. The highest BCUT2D eigenvalue weighted by atomic mass is 35.5. The molecule has 0 saturated heterocycles. The van der Waals surface area contributed by atoms with E-state index in [-0.39, 0.29) is 17.7 Å². The van der Waals surface area contributed by atoms with Crippen LogP contribution in [0.25, 0.3) is 0 Å². The van der Waals surface area contributed by atoms with Gasteiger partial charge in [0.1, 0.15) is 5.82 Å². The zero-order chi connectivity index (χ0) is 20.4. The summed E-state index contributed by atoms with van der Waals surface area (Å²) in [6.07, 6.45) is -0.206. The SMILES string of the molecule is COc1ccc(F)c([C@@H]2S[C@@H](CC(=O)O)C(=S)Nc3ccc(Cl)cc32)c1OC. The van der Waals surface area contributed by atoms with Crippen molar-refractivity contribution >= 4 is 52.2 Å². The van der Waals surface area contributed by atoms with Gasteiger partial charge in [-0.3, -0.25) is 4.79 Å². The van der Waals surface area contributed by atoms with E-state index in [9.17, 15) is 9.90 Å². The molecule has 0 radical (unpaired) electrons. The molecule has 0 spiro atoms. The average Bonchev–Trinajstić information content (AvgIpc) is 2.78. The number of fused-ring (bicyclic) bond motifs is 1. The summed E-state index contributed by atoms with van der Waals surface area (Å²) in [5, 5.41) is 11.7. The Morgan fingerprint density at radius 2 is 2.07 bits per heavy atom. The fraction of sp³-hybridized carbons (Fsp3) is 0.263. The number of hydrogen-bond donors (Lipinski definition) is 2. The number of anilines is 1. The van der Waals surface area contributed by atoms with Gasteiger partial charge < -0.3 is 19.9 Å². The van der Waals surface area contributed by atoms with Gasteiger partial charge >= 0.3 is 5.97 Å². The number of halogens is 2. The first-order valence-corrected chi connectivity index (χ1v) is 9.96. The van der Waals surface area contributed by atoms with Crippen molar-refractivity contribution in [3.63, 3.8) is 0 Å². The molecule has 1 aliphatic rings. The van der Waals surface area contributed by atoms with Crippen LogP contribution in [-0.2, 0) is 4.79 Å². The second kappa shape index (κ2) is 8.55. The summed E-state index contributed by atoms with van der Waals surface area (Å²) >= 11 is 12.8. The predicted octanol–water partition coefficient (Wildman–Crippen LogP) is 4.92. The molecule has 9 heteroatoms. The van der Waals surface area contributed by atoms with Crippen molar-refractivity contribution in [1.82, 2.24) is 0 Å². The lowest BCUT2D eigenvalue weighted by Gasteiger charge is -2.23. The second-order valence-corrected chi connectivity index (χ2v) is 8.21. The van der Waals surface area contributed by atoms with Gasteiger partial charge in [-0.05, 0) is 35.9 Å². The molecule has 1 aliphatic heterocycles. The van der Waals surface area contributed by atoms with E-state index in [1.807, 2.05) is 0 Å². The summed E-state index contributed by atoms with van der Waals surface area (Å²) in [5.74, 6) is -0.879. The number of methoxy groups -OCH3 is 2. The van der Waals surface area contributed by atoms with Crippen LogP contribution in [0.2, 0.25) is 5.02 Å². The van der Waals surface area contributed by atoms with Gasteiger partial charge in [0.05, 0.1) is 41.7 Å². The standard InChI is InChI=1S/C19H17ClFNO4S2/c1-25-13-6-4-11(21)16(17(13)26-2)18-10-7-9(20)3-5-12(10)22-19(27)14(28-18)8-15(23)24/h3-7,14,18H,8H2,1-2H3,(H,22,27)(H,23,24)/t14-,18+/m0/s1. The molecule has 148 valence electrons. The number of carbonyl (C=O) groups is 1. The number of ether oxygens (including phenoxy) is 2. The van der Waals surface area contributed by atoms with Crippen LogP contribution in [0.1, 0.15) is 22.8 Å². The number of carboxylic acids is 1. The highest BCUT2D eigenvalue weighted by Crippen LogP contribution is 2.51. The van der Waals surface area contributed by atoms with Crippen molar-refractivity contribution < 1.29 is 23.8 Å². The van der Waals surface area contributed by atoms with Crippen molar-refractivity contribution in [2.75, 3.05) is 19.5 Å². The van der Waals surface area contributed by atoms with Crippen LogP contribution in [0.15, 0.2) is 30.3 Å². The van der Waals surface area contributed by atoms with Crippen LogP contribution >= 0.6 is 35.6 Å². The first-order chi connectivity index (χ1) is 13.3. The number of hydrogen-bond acceptors (Lipinski definition) is 5. The third kappa shape index (κ3) is 4.04. The Morgan fingerprint density at radius 3 is 2.71 bits per heavy atom. The highest BCUT2D eigenvalue weighted by Gasteiger charge is 2.35. The lowest BCUT2D eigenvalue weighted by atomic mass is 10.0. The minimum absolute atomic E-state index is 0.206. The topological polar surface area (TPSA) is 67.8 Å². The Morgan fingerprint density at radius 1 is 1.32 bits per heavy atom. The maximum atomic E-state index is 15.0. The van der Waals surface area contributed by atoms with Crippen molar-refractivity contribution in [1.29, 1.82) is 0 Å². The van der Waals surface area contributed by atoms with Gasteiger partial charge in [-0.15, -0.1) is 11.8 Å². The van der Waals surface area contributed by atoms with Gasteiger partial charge in [0.25, 0.3) is 0 Å². The van der Waals surface area contributed by atoms with Crippen molar-refractivity contribution in [2.45, 2.75) is 16.9 Å². The van der Waals surface area contributed by atoms with E-state index in [2.05, 4.69) is 5.32 Å². The Bertz CT molecular complexity index is 940. The van der Waals surface area contributed by atoms with E-state index in [4.69, 9.17) is 33.3 Å². The molecule has 0 saturated carbocycles. The molecule has 0 aliphatic carbocycles. The highest BCUT2D eigenvalue weighted by molar-refractivity contribution is 8.02. The molecule has 28 heavy (non-hydrogen) atoms. The molecule has 5 nitrogen and oxygen atoms in total. The normalized spacial score (nSPS) is 18.6. The number of benzene rings is 2. The number of rotatable bonds is 5. The van der Waals surface area contributed by atoms with Crippen LogP contribution < -0.4 is 14.8 Å². The van der Waals surface area contributed by atoms with Crippen LogP contribution in [0.3, 0.4) is 0 Å². The number of thiocarbonyl (C=S) groups is 1. The van der Waals surface area contributed by atoms with Crippen LogP contribution in [0, 0.1) is 5.82 Å². The van der Waals surface area contributed by atoms with E-state index in [1.54, 1.807) is 18.2 Å². The maximum absolute atomic E-state index is 15.0. The van der Waals surface area contributed by atoms with Crippen molar-refractivity contribution in [3.05, 3.63) is 52.3 Å². The zero-order valence-electron chi connectivity index (χ0n) is 15.0. The minimum atomic E-state index is -0.998. The summed E-state index contributed by atoms with van der Waals surface area (Å²) in [4.78, 5) is 11.7. The molecule has 1 heterocycles. The average molecular weight is 442 g/mol. The quantitative estimate of drug-likeness (QED) is 0.638. The lowest BCUT2D eigenvalue weighted by Crippen LogP contribution is -2.24. The number of carboxylic acid groups (broad SMARTS) is 1. The second-order valence-electron chi connectivity index (χ2n) is 6.02. The molecule has 3 rings (SSSR count). The Balaban J connectivity index is 2.23. The monoisotopic (exact) mass is 441 g/mol. The fourth-order valence-electron chi connectivity index (χ4n) is 3.07. The summed E-state index contributed by atoms with van der Waals surface area (Å²) in [5.41, 5.74) is 1.57. The molecule has 2 N–H and O–H groups in total. The van der Waals surface area contributed by atoms with Crippen LogP contribution in [-0.4, -0.2) is 35.5 Å². The molecule has 2 aromatic carbocycles. The van der Waals surface area contributed by atoms with Gasteiger partial charge in [0.2, 0.25) is 0 Å². The minimum Gasteiger partial charge on any atom is -0.493 e. The van der Waals surface area contributed by atoms with Gasteiger partial charge in [-0.25, -0.2) is 4.39 Å². The molecule has 0 unspecified atom stereocenters. The van der Waals surface area contributed by atoms with Gasteiger partial charge in [-0.1, -0.05) is 23.8 Å². The van der Waals surface area contributed by atoms with Crippen LogP contribution in [0.5, 0.6) is 11.5 Å². The third-order valence-corrected chi connectivity index (χ3v) is 6.56. The van der Waals surface area contributed by atoms with Gasteiger partial charge in [0, 0.05) is 10.7 Å². The fourth-order valence-corrected chi connectivity index (χ4v) is 5.06.